The molecule has 0 aliphatic carbocycles. The first-order valence-electron chi connectivity index (χ1n) is 9.73. The molecule has 1 aliphatic heterocycles. The van der Waals surface area contributed by atoms with Gasteiger partial charge in [0.15, 0.2) is 11.5 Å². The average Bonchev–Trinajstić information content (AvgIpc) is 2.75. The van der Waals surface area contributed by atoms with Crippen LogP contribution in [-0.4, -0.2) is 27.5 Å². The molecule has 0 bridgehead atoms. The van der Waals surface area contributed by atoms with Gasteiger partial charge in [0, 0.05) is 23.0 Å². The second-order valence-electron chi connectivity index (χ2n) is 7.26. The summed E-state index contributed by atoms with van der Waals surface area (Å²) in [7, 11) is -3.73. The van der Waals surface area contributed by atoms with Crippen LogP contribution < -0.4 is 19.5 Å². The summed E-state index contributed by atoms with van der Waals surface area (Å²) in [5, 5.41) is 2.80. The Labute approximate surface area is 181 Å². The van der Waals surface area contributed by atoms with Crippen molar-refractivity contribution in [3.63, 3.8) is 0 Å². The third kappa shape index (κ3) is 4.64. The number of rotatable bonds is 5. The fourth-order valence-corrected chi connectivity index (χ4v) is 4.61. The summed E-state index contributed by atoms with van der Waals surface area (Å²) >= 11 is 0. The van der Waals surface area contributed by atoms with Crippen LogP contribution >= 0.6 is 0 Å². The van der Waals surface area contributed by atoms with E-state index in [4.69, 9.17) is 9.47 Å². The molecule has 4 rings (SSSR count). The molecule has 1 heterocycles. The minimum atomic E-state index is -3.73. The second kappa shape index (κ2) is 8.31. The van der Waals surface area contributed by atoms with E-state index in [0.29, 0.717) is 47.2 Å². The molecule has 0 unspecified atom stereocenters. The maximum Gasteiger partial charge on any atom is 0.262 e. The topological polar surface area (TPSA) is 93.7 Å². The van der Waals surface area contributed by atoms with Gasteiger partial charge in [0.05, 0.1) is 4.90 Å². The Morgan fingerprint density at radius 3 is 2.26 bits per heavy atom. The lowest BCUT2D eigenvalue weighted by atomic mass is 10.2. The summed E-state index contributed by atoms with van der Waals surface area (Å²) in [6.07, 6.45) is 0. The van der Waals surface area contributed by atoms with Crippen molar-refractivity contribution in [2.24, 2.45) is 0 Å². The minimum Gasteiger partial charge on any atom is -0.486 e. The van der Waals surface area contributed by atoms with Crippen molar-refractivity contribution < 1.29 is 22.7 Å². The maximum absolute atomic E-state index is 12.7. The first kappa shape index (κ1) is 20.7. The molecular formula is C23H22N2O5S. The number of aryl methyl sites for hydroxylation is 2. The number of fused-ring (bicyclic) bond motifs is 1. The van der Waals surface area contributed by atoms with Crippen molar-refractivity contribution in [1.82, 2.24) is 0 Å². The van der Waals surface area contributed by atoms with E-state index in [0.717, 1.165) is 5.56 Å². The van der Waals surface area contributed by atoms with Gasteiger partial charge in [-0.3, -0.25) is 9.52 Å². The number of carbonyl (C=O) groups excluding carboxylic acids is 1. The molecule has 31 heavy (non-hydrogen) atoms. The number of benzene rings is 3. The zero-order chi connectivity index (χ0) is 22.0. The Morgan fingerprint density at radius 1 is 0.839 bits per heavy atom. The molecule has 0 saturated carbocycles. The van der Waals surface area contributed by atoms with E-state index in [1.807, 2.05) is 13.0 Å². The summed E-state index contributed by atoms with van der Waals surface area (Å²) < 4.78 is 39.0. The highest BCUT2D eigenvalue weighted by Gasteiger charge is 2.18. The molecule has 0 aromatic heterocycles. The van der Waals surface area contributed by atoms with Crippen LogP contribution in [0.1, 0.15) is 21.5 Å². The number of carbonyl (C=O) groups is 1. The Morgan fingerprint density at radius 2 is 1.52 bits per heavy atom. The molecule has 3 aromatic rings. The SMILES string of the molecule is Cc1ccc(C)c(S(=O)(=O)Nc2ccc(C(=O)Nc3ccc4c(c3)OCCO4)cc2)c1. The van der Waals surface area contributed by atoms with Crippen LogP contribution in [0, 0.1) is 13.8 Å². The lowest BCUT2D eigenvalue weighted by Gasteiger charge is -2.19. The predicted octanol–water partition coefficient (Wildman–Crippen LogP) is 4.13. The maximum atomic E-state index is 12.7. The van der Waals surface area contributed by atoms with Gasteiger partial charge in [-0.2, -0.15) is 0 Å². The molecule has 0 atom stereocenters. The molecule has 8 heteroatoms. The van der Waals surface area contributed by atoms with E-state index in [1.54, 1.807) is 61.5 Å². The molecule has 0 saturated heterocycles. The number of hydrogen-bond donors (Lipinski definition) is 2. The number of anilines is 2. The first-order chi connectivity index (χ1) is 14.8. The van der Waals surface area contributed by atoms with E-state index >= 15 is 0 Å². The summed E-state index contributed by atoms with van der Waals surface area (Å²) in [6, 6.07) is 16.7. The normalized spacial score (nSPS) is 12.8. The molecule has 1 amide bonds. The number of amides is 1. The molecule has 0 fully saturated rings. The van der Waals surface area contributed by atoms with Crippen molar-refractivity contribution in [2.45, 2.75) is 18.7 Å². The third-order valence-electron chi connectivity index (χ3n) is 4.83. The summed E-state index contributed by atoms with van der Waals surface area (Å²) in [4.78, 5) is 12.8. The highest BCUT2D eigenvalue weighted by molar-refractivity contribution is 7.92. The molecule has 3 aromatic carbocycles. The molecule has 160 valence electrons. The smallest absolute Gasteiger partial charge is 0.262 e. The van der Waals surface area contributed by atoms with Gasteiger partial charge in [-0.25, -0.2) is 8.42 Å². The Hall–Kier alpha value is -3.52. The van der Waals surface area contributed by atoms with Crippen LogP contribution in [0.4, 0.5) is 11.4 Å². The number of sulfonamides is 1. The summed E-state index contributed by atoms with van der Waals surface area (Å²) in [5.41, 5.74) is 2.86. The van der Waals surface area contributed by atoms with Crippen LogP contribution in [0.3, 0.4) is 0 Å². The van der Waals surface area contributed by atoms with Crippen molar-refractivity contribution >= 4 is 27.3 Å². The minimum absolute atomic E-state index is 0.230. The Kier molecular flexibility index (Phi) is 5.56. The zero-order valence-corrected chi connectivity index (χ0v) is 18.0. The number of ether oxygens (including phenoxy) is 2. The van der Waals surface area contributed by atoms with Gasteiger partial charge < -0.3 is 14.8 Å². The standard InChI is InChI=1S/C23H22N2O5S/c1-15-3-4-16(2)22(13-15)31(27,28)25-18-7-5-17(6-8-18)23(26)24-19-9-10-20-21(14-19)30-12-11-29-20/h3-10,13-14,25H,11-12H2,1-2H3,(H,24,26). The molecule has 7 nitrogen and oxygen atoms in total. The number of nitrogens with one attached hydrogen (secondary N) is 2. The van der Waals surface area contributed by atoms with Crippen molar-refractivity contribution in [3.8, 4) is 11.5 Å². The lowest BCUT2D eigenvalue weighted by Crippen LogP contribution is -2.16. The van der Waals surface area contributed by atoms with Gasteiger partial charge >= 0.3 is 0 Å². The molecule has 2 N–H and O–H groups in total. The molecule has 0 spiro atoms. The van der Waals surface area contributed by atoms with Gasteiger partial charge in [-0.1, -0.05) is 12.1 Å². The van der Waals surface area contributed by atoms with Gasteiger partial charge in [0.25, 0.3) is 15.9 Å². The first-order valence-corrected chi connectivity index (χ1v) is 11.2. The van der Waals surface area contributed by atoms with Crippen molar-refractivity contribution in [3.05, 3.63) is 77.4 Å². The Balaban J connectivity index is 1.46. The molecule has 0 radical (unpaired) electrons. The highest BCUT2D eigenvalue weighted by atomic mass is 32.2. The van der Waals surface area contributed by atoms with Crippen LogP contribution in [0.15, 0.2) is 65.6 Å². The van der Waals surface area contributed by atoms with Gasteiger partial charge in [0.2, 0.25) is 0 Å². The van der Waals surface area contributed by atoms with E-state index in [9.17, 15) is 13.2 Å². The van der Waals surface area contributed by atoms with Crippen LogP contribution in [0.2, 0.25) is 0 Å². The predicted molar refractivity (Wildman–Crippen MR) is 119 cm³/mol. The van der Waals surface area contributed by atoms with Crippen LogP contribution in [0.25, 0.3) is 0 Å². The zero-order valence-electron chi connectivity index (χ0n) is 17.1. The van der Waals surface area contributed by atoms with E-state index in [2.05, 4.69) is 10.0 Å². The summed E-state index contributed by atoms with van der Waals surface area (Å²) in [6.45, 7) is 4.55. The number of hydrogen-bond acceptors (Lipinski definition) is 5. The van der Waals surface area contributed by atoms with Gasteiger partial charge in [-0.05, 0) is 67.4 Å². The quantitative estimate of drug-likeness (QED) is 0.625. The van der Waals surface area contributed by atoms with Gasteiger partial charge in [0.1, 0.15) is 13.2 Å². The van der Waals surface area contributed by atoms with Crippen LogP contribution in [0.5, 0.6) is 11.5 Å². The van der Waals surface area contributed by atoms with E-state index in [-0.39, 0.29) is 10.8 Å². The fourth-order valence-electron chi connectivity index (χ4n) is 3.22. The Bertz CT molecular complexity index is 1240. The highest BCUT2D eigenvalue weighted by Crippen LogP contribution is 2.32. The third-order valence-corrected chi connectivity index (χ3v) is 6.36. The monoisotopic (exact) mass is 438 g/mol. The lowest BCUT2D eigenvalue weighted by molar-refractivity contribution is 0.102. The van der Waals surface area contributed by atoms with E-state index < -0.39 is 10.0 Å². The largest absolute Gasteiger partial charge is 0.486 e. The van der Waals surface area contributed by atoms with E-state index in [1.165, 1.54) is 0 Å². The van der Waals surface area contributed by atoms with Crippen LogP contribution in [-0.2, 0) is 10.0 Å². The van der Waals surface area contributed by atoms with Gasteiger partial charge in [-0.15, -0.1) is 0 Å². The fraction of sp³-hybridized carbons (Fsp3) is 0.174. The molecule has 1 aliphatic rings. The second-order valence-corrected chi connectivity index (χ2v) is 8.92. The average molecular weight is 439 g/mol. The summed E-state index contributed by atoms with van der Waals surface area (Å²) in [5.74, 6) is 0.908. The molecular weight excluding hydrogens is 416 g/mol. The van der Waals surface area contributed by atoms with Crippen molar-refractivity contribution in [1.29, 1.82) is 0 Å². The van der Waals surface area contributed by atoms with Crippen molar-refractivity contribution in [2.75, 3.05) is 23.3 Å².